The quantitative estimate of drug-likeness (QED) is 0.842. The van der Waals surface area contributed by atoms with Gasteiger partial charge in [0.05, 0.1) is 17.7 Å². The van der Waals surface area contributed by atoms with E-state index in [2.05, 4.69) is 15.3 Å². The van der Waals surface area contributed by atoms with Crippen LogP contribution in [0.1, 0.15) is 12.8 Å². The number of anilines is 1. The average Bonchev–Trinajstić information content (AvgIpc) is 2.22. The monoisotopic (exact) mass is 295 g/mol. The van der Waals surface area contributed by atoms with Crippen LogP contribution < -0.4 is 5.32 Å². The van der Waals surface area contributed by atoms with Crippen LogP contribution in [0, 0.1) is 0 Å². The van der Waals surface area contributed by atoms with Gasteiger partial charge in [0.1, 0.15) is 10.8 Å². The fourth-order valence-corrected chi connectivity index (χ4v) is 3.69. The minimum Gasteiger partial charge on any atom is -0.365 e. The molecule has 1 fully saturated rings. The van der Waals surface area contributed by atoms with E-state index < -0.39 is 9.84 Å². The summed E-state index contributed by atoms with van der Waals surface area (Å²) in [7, 11) is -2.96. The Morgan fingerprint density at radius 2 is 2.18 bits per heavy atom. The predicted molar refractivity (Wildman–Crippen MR) is 67.4 cm³/mol. The van der Waals surface area contributed by atoms with Gasteiger partial charge in [-0.25, -0.2) is 13.4 Å². The third kappa shape index (κ3) is 3.43. The zero-order valence-electron chi connectivity index (χ0n) is 8.86. The molecule has 17 heavy (non-hydrogen) atoms. The van der Waals surface area contributed by atoms with E-state index in [-0.39, 0.29) is 22.8 Å². The number of hydrogen-bond donors (Lipinski definition) is 1. The molecule has 0 radical (unpaired) electrons. The number of aromatic nitrogens is 2. The molecule has 0 saturated carbocycles. The summed E-state index contributed by atoms with van der Waals surface area (Å²) in [6, 6.07) is -0.169. The van der Waals surface area contributed by atoms with Crippen LogP contribution in [0.25, 0.3) is 0 Å². The molecule has 8 heteroatoms. The summed E-state index contributed by atoms with van der Waals surface area (Å²) in [6.07, 6.45) is 2.81. The number of sulfone groups is 1. The summed E-state index contributed by atoms with van der Waals surface area (Å²) < 4.78 is 22.9. The lowest BCUT2D eigenvalue weighted by Crippen LogP contribution is -2.35. The minimum atomic E-state index is -2.96. The van der Waals surface area contributed by atoms with Gasteiger partial charge < -0.3 is 5.32 Å². The van der Waals surface area contributed by atoms with Crippen LogP contribution in [0.3, 0.4) is 0 Å². The van der Waals surface area contributed by atoms with Gasteiger partial charge >= 0.3 is 0 Å². The van der Waals surface area contributed by atoms with Gasteiger partial charge in [0, 0.05) is 6.04 Å². The van der Waals surface area contributed by atoms with Gasteiger partial charge in [0.15, 0.2) is 9.84 Å². The molecule has 1 aromatic heterocycles. The van der Waals surface area contributed by atoms with E-state index in [9.17, 15) is 8.42 Å². The van der Waals surface area contributed by atoms with E-state index in [1.807, 2.05) is 0 Å². The van der Waals surface area contributed by atoms with Crippen molar-refractivity contribution < 1.29 is 8.42 Å². The highest BCUT2D eigenvalue weighted by Crippen LogP contribution is 2.23. The lowest BCUT2D eigenvalue weighted by molar-refractivity contribution is 0.561. The van der Waals surface area contributed by atoms with Crippen molar-refractivity contribution in [1.82, 2.24) is 9.97 Å². The average molecular weight is 296 g/mol. The molecule has 1 unspecified atom stereocenters. The smallest absolute Gasteiger partial charge is 0.224 e. The number of rotatable bonds is 2. The molecular formula is C9H11Cl2N3O2S. The summed E-state index contributed by atoms with van der Waals surface area (Å²) in [5.74, 6) is 0.739. The summed E-state index contributed by atoms with van der Waals surface area (Å²) in [5, 5.41) is 3.41. The number of halogens is 2. The molecule has 0 amide bonds. The van der Waals surface area contributed by atoms with Crippen molar-refractivity contribution in [2.75, 3.05) is 16.8 Å². The predicted octanol–water partition coefficient (Wildman–Crippen LogP) is 1.77. The normalized spacial score (nSPS) is 23.3. The Labute approximate surface area is 109 Å². The molecular weight excluding hydrogens is 285 g/mol. The fourth-order valence-electron chi connectivity index (χ4n) is 1.78. The molecule has 94 valence electrons. The Hall–Kier alpha value is -0.590. The molecule has 1 aliphatic rings. The van der Waals surface area contributed by atoms with Crippen LogP contribution in [0.15, 0.2) is 6.20 Å². The Balaban J connectivity index is 2.13. The highest BCUT2D eigenvalue weighted by molar-refractivity contribution is 7.91. The molecule has 0 aromatic carbocycles. The summed E-state index contributed by atoms with van der Waals surface area (Å²) >= 11 is 11.5. The number of hydrogen-bond acceptors (Lipinski definition) is 5. The van der Waals surface area contributed by atoms with Crippen molar-refractivity contribution in [2.45, 2.75) is 18.9 Å². The Morgan fingerprint density at radius 1 is 1.41 bits per heavy atom. The first-order chi connectivity index (χ1) is 7.96. The van der Waals surface area contributed by atoms with Crippen molar-refractivity contribution in [3.05, 3.63) is 16.5 Å². The van der Waals surface area contributed by atoms with Crippen LogP contribution in [0.4, 0.5) is 5.82 Å². The molecule has 1 saturated heterocycles. The van der Waals surface area contributed by atoms with Gasteiger partial charge in [-0.05, 0) is 24.4 Å². The molecule has 0 aliphatic carbocycles. The first kappa shape index (κ1) is 12.9. The Bertz CT molecular complexity index is 521. The van der Waals surface area contributed by atoms with Gasteiger partial charge in [-0.15, -0.1) is 0 Å². The highest BCUT2D eigenvalue weighted by atomic mass is 35.5. The second-order valence-corrected chi connectivity index (χ2v) is 6.91. The number of nitrogens with zero attached hydrogens (tertiary/aromatic N) is 2. The topological polar surface area (TPSA) is 72.0 Å². The molecule has 0 bridgehead atoms. The zero-order valence-corrected chi connectivity index (χ0v) is 11.2. The Morgan fingerprint density at radius 3 is 2.88 bits per heavy atom. The van der Waals surface area contributed by atoms with E-state index in [0.29, 0.717) is 17.3 Å². The summed E-state index contributed by atoms with van der Waals surface area (Å²) in [5.41, 5.74) is 0. The third-order valence-electron chi connectivity index (χ3n) is 2.52. The van der Waals surface area contributed by atoms with Gasteiger partial charge in [0.2, 0.25) is 5.28 Å². The molecule has 2 rings (SSSR count). The van der Waals surface area contributed by atoms with E-state index in [1.165, 1.54) is 6.20 Å². The summed E-state index contributed by atoms with van der Waals surface area (Å²) in [4.78, 5) is 7.66. The van der Waals surface area contributed by atoms with Crippen molar-refractivity contribution in [2.24, 2.45) is 0 Å². The molecule has 1 aromatic rings. The van der Waals surface area contributed by atoms with Gasteiger partial charge in [0.25, 0.3) is 0 Å². The number of nitrogens with one attached hydrogen (secondary N) is 1. The molecule has 1 atom stereocenters. The van der Waals surface area contributed by atoms with Gasteiger partial charge in [-0.1, -0.05) is 11.6 Å². The van der Waals surface area contributed by atoms with E-state index in [0.717, 1.165) is 6.42 Å². The molecule has 1 N–H and O–H groups in total. The lowest BCUT2D eigenvalue weighted by atomic mass is 10.2. The maximum atomic E-state index is 11.5. The van der Waals surface area contributed by atoms with Crippen LogP contribution >= 0.6 is 23.2 Å². The second kappa shape index (κ2) is 4.96. The van der Waals surface area contributed by atoms with Crippen molar-refractivity contribution in [3.8, 4) is 0 Å². The Kier molecular flexibility index (Phi) is 3.75. The molecule has 5 nitrogen and oxygen atoms in total. The fraction of sp³-hybridized carbons (Fsp3) is 0.556. The minimum absolute atomic E-state index is 0.0792. The van der Waals surface area contributed by atoms with E-state index >= 15 is 0 Å². The first-order valence-corrected chi connectivity index (χ1v) is 7.69. The maximum absolute atomic E-state index is 11.5. The van der Waals surface area contributed by atoms with Crippen LogP contribution in [0.2, 0.25) is 10.3 Å². The molecule has 2 heterocycles. The molecule has 1 aliphatic heterocycles. The van der Waals surface area contributed by atoms with E-state index in [4.69, 9.17) is 23.2 Å². The van der Waals surface area contributed by atoms with Crippen molar-refractivity contribution in [3.63, 3.8) is 0 Å². The molecule has 0 spiro atoms. The second-order valence-electron chi connectivity index (χ2n) is 3.93. The standard InChI is InChI=1S/C9H11Cl2N3O2S/c10-7-4-12-9(11)14-8(7)13-6-2-1-3-17(15,16)5-6/h4,6H,1-3,5H2,(H,12,13,14). The SMILES string of the molecule is O=S1(=O)CCCC(Nc2nc(Cl)ncc2Cl)C1. The first-order valence-electron chi connectivity index (χ1n) is 5.11. The zero-order chi connectivity index (χ0) is 12.5. The van der Waals surface area contributed by atoms with Gasteiger partial charge in [-0.3, -0.25) is 0 Å². The van der Waals surface area contributed by atoms with E-state index in [1.54, 1.807) is 0 Å². The highest BCUT2D eigenvalue weighted by Gasteiger charge is 2.25. The van der Waals surface area contributed by atoms with Crippen LogP contribution in [-0.4, -0.2) is 35.9 Å². The van der Waals surface area contributed by atoms with Crippen LogP contribution in [-0.2, 0) is 9.84 Å². The van der Waals surface area contributed by atoms with Crippen LogP contribution in [0.5, 0.6) is 0 Å². The maximum Gasteiger partial charge on any atom is 0.224 e. The third-order valence-corrected chi connectivity index (χ3v) is 4.80. The lowest BCUT2D eigenvalue weighted by Gasteiger charge is -2.23. The van der Waals surface area contributed by atoms with Crippen molar-refractivity contribution in [1.29, 1.82) is 0 Å². The van der Waals surface area contributed by atoms with Gasteiger partial charge in [-0.2, -0.15) is 4.98 Å². The van der Waals surface area contributed by atoms with Crippen molar-refractivity contribution >= 4 is 38.9 Å². The largest absolute Gasteiger partial charge is 0.365 e. The summed E-state index contributed by atoms with van der Waals surface area (Å²) in [6.45, 7) is 0.